The van der Waals surface area contributed by atoms with Crippen LogP contribution in [0.3, 0.4) is 0 Å². The lowest BCUT2D eigenvalue weighted by Crippen LogP contribution is -2.19. The average Bonchev–Trinajstić information content (AvgIpc) is 2.25. The predicted octanol–water partition coefficient (Wildman–Crippen LogP) is 1.49. The normalized spacial score (nSPS) is 11.3. The predicted molar refractivity (Wildman–Crippen MR) is 50.2 cm³/mol. The fourth-order valence-electron chi connectivity index (χ4n) is 1.02. The van der Waals surface area contributed by atoms with E-state index < -0.39 is 12.8 Å². The van der Waals surface area contributed by atoms with Gasteiger partial charge in [-0.3, -0.25) is 0 Å². The number of methoxy groups -OCH3 is 1. The molecular weight excluding hydrogens is 225 g/mol. The molecule has 2 N–H and O–H groups in total. The standard InChI is InChI=1S/C9H11F3N2O2/c1-15-8-6(4-13)2-3-7(14-8)16-5-9(10,11)12/h2-3H,4-5,13H2,1H3. The molecule has 0 atom stereocenters. The van der Waals surface area contributed by atoms with Crippen LogP contribution < -0.4 is 15.2 Å². The van der Waals surface area contributed by atoms with Crippen LogP contribution in [-0.2, 0) is 6.54 Å². The minimum absolute atomic E-state index is 0.147. The largest absolute Gasteiger partial charge is 0.481 e. The van der Waals surface area contributed by atoms with Gasteiger partial charge in [-0.05, 0) is 6.07 Å². The number of nitrogens with two attached hydrogens (primary N) is 1. The molecule has 1 aromatic rings. The number of hydrogen-bond donors (Lipinski definition) is 1. The second kappa shape index (κ2) is 5.02. The van der Waals surface area contributed by atoms with Crippen molar-refractivity contribution in [1.82, 2.24) is 4.98 Å². The quantitative estimate of drug-likeness (QED) is 0.860. The van der Waals surface area contributed by atoms with Crippen molar-refractivity contribution < 1.29 is 22.6 Å². The third-order valence-corrected chi connectivity index (χ3v) is 1.71. The van der Waals surface area contributed by atoms with E-state index in [0.717, 1.165) is 0 Å². The molecule has 16 heavy (non-hydrogen) atoms. The summed E-state index contributed by atoms with van der Waals surface area (Å²) in [7, 11) is 1.36. The van der Waals surface area contributed by atoms with E-state index in [1.807, 2.05) is 0 Å². The van der Waals surface area contributed by atoms with Gasteiger partial charge in [0.2, 0.25) is 11.8 Å². The van der Waals surface area contributed by atoms with Gasteiger partial charge < -0.3 is 15.2 Å². The van der Waals surface area contributed by atoms with Crippen molar-refractivity contribution in [3.63, 3.8) is 0 Å². The van der Waals surface area contributed by atoms with Crippen molar-refractivity contribution in [2.45, 2.75) is 12.7 Å². The van der Waals surface area contributed by atoms with E-state index >= 15 is 0 Å². The molecule has 0 aliphatic heterocycles. The first-order valence-corrected chi connectivity index (χ1v) is 4.40. The third-order valence-electron chi connectivity index (χ3n) is 1.71. The summed E-state index contributed by atoms with van der Waals surface area (Å²) in [6.07, 6.45) is -4.39. The molecule has 0 aromatic carbocycles. The zero-order valence-electron chi connectivity index (χ0n) is 8.54. The molecule has 1 heterocycles. The summed E-state index contributed by atoms with van der Waals surface area (Å²) in [5.41, 5.74) is 5.98. The molecule has 0 aliphatic carbocycles. The van der Waals surface area contributed by atoms with Crippen molar-refractivity contribution in [2.24, 2.45) is 5.73 Å². The molecule has 0 aliphatic rings. The highest BCUT2D eigenvalue weighted by Crippen LogP contribution is 2.21. The summed E-state index contributed by atoms with van der Waals surface area (Å²) in [5.74, 6) is 0.0218. The van der Waals surface area contributed by atoms with Gasteiger partial charge in [0.15, 0.2) is 6.61 Å². The SMILES string of the molecule is COc1nc(OCC(F)(F)F)ccc1CN. The van der Waals surface area contributed by atoms with Crippen LogP contribution in [0.4, 0.5) is 13.2 Å². The molecule has 7 heteroatoms. The maximum atomic E-state index is 11.9. The molecule has 0 saturated heterocycles. The molecule has 90 valence electrons. The van der Waals surface area contributed by atoms with Crippen molar-refractivity contribution >= 4 is 0 Å². The van der Waals surface area contributed by atoms with E-state index in [1.165, 1.54) is 19.2 Å². The van der Waals surface area contributed by atoms with Gasteiger partial charge in [0, 0.05) is 18.2 Å². The number of ether oxygens (including phenoxy) is 2. The number of alkyl halides is 3. The molecule has 1 rings (SSSR count). The number of nitrogens with zero attached hydrogens (tertiary/aromatic N) is 1. The highest BCUT2D eigenvalue weighted by Gasteiger charge is 2.28. The van der Waals surface area contributed by atoms with Gasteiger partial charge in [0.1, 0.15) is 0 Å². The third kappa shape index (κ3) is 3.58. The van der Waals surface area contributed by atoms with Gasteiger partial charge in [-0.2, -0.15) is 18.2 Å². The van der Waals surface area contributed by atoms with E-state index in [-0.39, 0.29) is 18.3 Å². The van der Waals surface area contributed by atoms with Crippen molar-refractivity contribution in [1.29, 1.82) is 0 Å². The molecule has 0 amide bonds. The van der Waals surface area contributed by atoms with E-state index in [4.69, 9.17) is 10.5 Å². The highest BCUT2D eigenvalue weighted by atomic mass is 19.4. The Morgan fingerprint density at radius 2 is 2.06 bits per heavy atom. The zero-order valence-corrected chi connectivity index (χ0v) is 8.54. The van der Waals surface area contributed by atoms with Crippen LogP contribution in [0.15, 0.2) is 12.1 Å². The Kier molecular flexibility index (Phi) is 3.94. The van der Waals surface area contributed by atoms with Crippen LogP contribution >= 0.6 is 0 Å². The van der Waals surface area contributed by atoms with Crippen LogP contribution in [-0.4, -0.2) is 24.9 Å². The Bertz CT molecular complexity index is 355. The molecule has 4 nitrogen and oxygen atoms in total. The maximum absolute atomic E-state index is 11.9. The fraction of sp³-hybridized carbons (Fsp3) is 0.444. The minimum Gasteiger partial charge on any atom is -0.481 e. The molecular formula is C9H11F3N2O2. The van der Waals surface area contributed by atoms with Crippen molar-refractivity contribution in [3.05, 3.63) is 17.7 Å². The lowest BCUT2D eigenvalue weighted by Gasteiger charge is -2.10. The van der Waals surface area contributed by atoms with E-state index in [9.17, 15) is 13.2 Å². The average molecular weight is 236 g/mol. The number of pyridine rings is 1. The number of halogens is 3. The molecule has 0 saturated carbocycles. The molecule has 0 fully saturated rings. The number of hydrogen-bond acceptors (Lipinski definition) is 4. The maximum Gasteiger partial charge on any atom is 0.422 e. The minimum atomic E-state index is -4.39. The van der Waals surface area contributed by atoms with Crippen molar-refractivity contribution in [3.8, 4) is 11.8 Å². The highest BCUT2D eigenvalue weighted by molar-refractivity contribution is 5.30. The monoisotopic (exact) mass is 236 g/mol. The summed E-state index contributed by atoms with van der Waals surface area (Å²) in [6, 6.07) is 2.83. The van der Waals surface area contributed by atoms with Crippen LogP contribution in [0.2, 0.25) is 0 Å². The number of aromatic nitrogens is 1. The van der Waals surface area contributed by atoms with Gasteiger partial charge in [-0.15, -0.1) is 0 Å². The molecule has 0 unspecified atom stereocenters. The van der Waals surface area contributed by atoms with Crippen LogP contribution in [0, 0.1) is 0 Å². The van der Waals surface area contributed by atoms with Crippen LogP contribution in [0.25, 0.3) is 0 Å². The Morgan fingerprint density at radius 1 is 1.38 bits per heavy atom. The second-order valence-corrected chi connectivity index (χ2v) is 2.93. The summed E-state index contributed by atoms with van der Waals surface area (Å²) in [5, 5.41) is 0. The Balaban J connectivity index is 2.75. The van der Waals surface area contributed by atoms with E-state index in [2.05, 4.69) is 9.72 Å². The molecule has 0 spiro atoms. The van der Waals surface area contributed by atoms with Gasteiger partial charge >= 0.3 is 6.18 Å². The number of rotatable bonds is 4. The Hall–Kier alpha value is -1.50. The summed E-state index contributed by atoms with van der Waals surface area (Å²) in [4.78, 5) is 3.74. The summed E-state index contributed by atoms with van der Waals surface area (Å²) in [6.45, 7) is -1.19. The van der Waals surface area contributed by atoms with Gasteiger partial charge in [0.25, 0.3) is 0 Å². The Morgan fingerprint density at radius 3 is 2.56 bits per heavy atom. The lowest BCUT2D eigenvalue weighted by atomic mass is 10.3. The Labute approximate surface area is 90.2 Å². The van der Waals surface area contributed by atoms with Gasteiger partial charge in [0.05, 0.1) is 7.11 Å². The van der Waals surface area contributed by atoms with Gasteiger partial charge in [-0.25, -0.2) is 0 Å². The van der Waals surface area contributed by atoms with Crippen LogP contribution in [0.5, 0.6) is 11.8 Å². The zero-order chi connectivity index (χ0) is 12.2. The molecule has 0 bridgehead atoms. The second-order valence-electron chi connectivity index (χ2n) is 2.93. The lowest BCUT2D eigenvalue weighted by molar-refractivity contribution is -0.154. The molecule has 1 aromatic heterocycles. The first-order valence-electron chi connectivity index (χ1n) is 4.40. The van der Waals surface area contributed by atoms with Gasteiger partial charge in [-0.1, -0.05) is 0 Å². The van der Waals surface area contributed by atoms with E-state index in [1.54, 1.807) is 0 Å². The topological polar surface area (TPSA) is 57.4 Å². The summed E-state index contributed by atoms with van der Waals surface area (Å²) >= 11 is 0. The van der Waals surface area contributed by atoms with E-state index in [0.29, 0.717) is 5.56 Å². The van der Waals surface area contributed by atoms with Crippen molar-refractivity contribution in [2.75, 3.05) is 13.7 Å². The fourth-order valence-corrected chi connectivity index (χ4v) is 1.02. The smallest absolute Gasteiger partial charge is 0.422 e. The first-order chi connectivity index (χ1) is 7.46. The molecule has 0 radical (unpaired) electrons. The summed E-state index contributed by atoms with van der Waals surface area (Å²) < 4.78 is 44.9. The first kappa shape index (κ1) is 12.6. The van der Waals surface area contributed by atoms with Crippen LogP contribution in [0.1, 0.15) is 5.56 Å².